The molecule has 34 nitrogen and oxygen atoms in total. The molecule has 0 atom stereocenters. The number of nitrogens with two attached hydrogens (primary N) is 1. The van der Waals surface area contributed by atoms with Gasteiger partial charge in [-0.3, -0.25) is 42.1 Å². The molecule has 41 heteroatoms. The minimum Gasteiger partial charge on any atom is -1.00 e. The number of H-pyrrole nitrogens is 2. The van der Waals surface area contributed by atoms with Crippen molar-refractivity contribution in [2.75, 3.05) is 99.3 Å². The summed E-state index contributed by atoms with van der Waals surface area (Å²) in [6, 6.07) is 42.6. The number of sulfonamides is 3. The van der Waals surface area contributed by atoms with Crippen molar-refractivity contribution in [3.05, 3.63) is 215 Å². The summed E-state index contributed by atoms with van der Waals surface area (Å²) < 4.78 is 139. The molecule has 0 radical (unpaired) electrons. The van der Waals surface area contributed by atoms with E-state index in [1.165, 1.54) is 88.2 Å². The first-order valence-corrected chi connectivity index (χ1v) is 51.3. The zero-order chi connectivity index (χ0) is 99.9. The Kier molecular flexibility index (Phi) is 49.0. The standard InChI is InChI=1S/C27H35N3O5S.C26H34N4O4S.C21H25N3O4S.C12H19N.C9H7ClN2O4S.CH2O3.CH4O.2Cs.H/c1-5-20-6-8-23(9-7-20)30(17-19(2)3)36(32,33)24-14-22-16-28-29(18-21-10-12-35-13-11-21)26(22)25(15-24)27(31)34-4;1-4-19-5-7-22(8-6-19)30(16-18(2)3)35(32,33)23-13-21-15-28-29(17-20-9-11-34-12-10-20)25(21)24(14-23)26(27)31;1-5-15-6-8-17(9-7-15)24(13-14(2)3)29(26,27)18-10-16-12-22-23-20(16)19(11-18)21(25)28-4;1-4-11-5-7-12(8-6-11)13-9-10(2)3;1-16-9(13)7-3-6(17(10,14)15)2-5-4-11-12-8(5)7;2-1-4-3;1-2;;;/h6-9,14-16,19,21H,5,10-13,17-18H2,1-4H3;5-8,13-15,18,20H,4,9-12,16-17H2,1-3H3,(H2,27,31);6-12,14H,5,13H2,1-4H3,(H,22,23);5-8,10,13H,4,9H2,1-3H3;2-4H,1H3,(H,11,12);1,3H;2H,1H3;;;/q;;;;;;;2*+1;-1/p-1. The van der Waals surface area contributed by atoms with E-state index >= 15 is 0 Å². The van der Waals surface area contributed by atoms with Crippen LogP contribution in [0.3, 0.4) is 0 Å². The number of hydrogen-bond acceptors (Lipinski definition) is 26. The molecule has 6 N–H and O–H groups in total. The molecule has 14 rings (SSSR count). The maximum absolute atomic E-state index is 14.0. The Morgan fingerprint density at radius 1 is 0.486 bits per heavy atom. The van der Waals surface area contributed by atoms with Crippen LogP contribution in [-0.2, 0) is 111 Å². The van der Waals surface area contributed by atoms with Crippen LogP contribution in [0.1, 0.15) is 174 Å². The zero-order valence-electron chi connectivity index (χ0n) is 82.7. The summed E-state index contributed by atoms with van der Waals surface area (Å²) >= 11 is 0. The van der Waals surface area contributed by atoms with Crippen LogP contribution in [0.4, 0.5) is 22.7 Å². The molecule has 138 heavy (non-hydrogen) atoms. The molecular formula is C97H126ClCs2N13O21S4. The summed E-state index contributed by atoms with van der Waals surface area (Å²) in [6.07, 6.45) is 13.5. The number of carbonyl (C=O) groups is 5. The topological polar surface area (TPSA) is 461 Å². The van der Waals surface area contributed by atoms with Crippen molar-refractivity contribution < 1.29 is 236 Å². The molecule has 8 aromatic carbocycles. The molecule has 0 aliphatic carbocycles. The van der Waals surface area contributed by atoms with E-state index in [1.807, 2.05) is 121 Å². The van der Waals surface area contributed by atoms with Crippen molar-refractivity contribution in [2.24, 2.45) is 41.2 Å². The van der Waals surface area contributed by atoms with Crippen LogP contribution in [-0.4, -0.2) is 190 Å². The van der Waals surface area contributed by atoms with Crippen molar-refractivity contribution in [1.29, 1.82) is 0 Å². The number of primary amides is 1. The first-order chi connectivity index (χ1) is 64.8. The SMILES string of the molecule is CCc1ccc(N(CC(C)C)S(=O)(=O)c2cc(C(=O)OC)c3[nH]ncc3c2)cc1.CCc1ccc(N(CC(C)C)S(=O)(=O)c2cc(C(=O)OC)c3c(cnn3CC3CCOCC3)c2)cc1.CCc1ccc(N(CC(C)C)S(=O)(=O)c2cc(C(N)=O)c3c(cnn3CC3CCOCC3)c2)cc1.CCc1ccc(NCC(C)C)cc1.CO.COC(=O)c1cc(S(=O)(=O)Cl)cc2cn[nH]c12.O=CO[O-].[Cs+].[Cs+].[H-]. The van der Waals surface area contributed by atoms with Crippen molar-refractivity contribution in [3.63, 3.8) is 0 Å². The second-order valence-corrected chi connectivity index (χ2v) is 42.0. The van der Waals surface area contributed by atoms with Gasteiger partial charge in [0, 0.05) is 111 Å². The van der Waals surface area contributed by atoms with Gasteiger partial charge >= 0.3 is 156 Å². The molecule has 4 aromatic heterocycles. The van der Waals surface area contributed by atoms with Crippen molar-refractivity contribution in [2.45, 2.75) is 167 Å². The van der Waals surface area contributed by atoms with Crippen LogP contribution < -0.4 is 167 Å². The van der Waals surface area contributed by atoms with Crippen LogP contribution in [0.15, 0.2) is 190 Å². The summed E-state index contributed by atoms with van der Waals surface area (Å²) in [5.41, 5.74) is 16.1. The summed E-state index contributed by atoms with van der Waals surface area (Å²) in [5.74, 6) is -0.808. The van der Waals surface area contributed by atoms with Gasteiger partial charge in [-0.1, -0.05) is 132 Å². The Morgan fingerprint density at radius 3 is 1.09 bits per heavy atom. The molecule has 12 aromatic rings. The van der Waals surface area contributed by atoms with Crippen LogP contribution >= 0.6 is 10.7 Å². The van der Waals surface area contributed by atoms with E-state index in [2.05, 4.69) is 104 Å². The van der Waals surface area contributed by atoms with Crippen molar-refractivity contribution >= 4 is 146 Å². The van der Waals surface area contributed by atoms with Crippen LogP contribution in [0.5, 0.6) is 0 Å². The number of methoxy groups -OCH3 is 3. The normalized spacial score (nSPS) is 12.8. The smallest absolute Gasteiger partial charge is 1.00 e. The molecule has 0 bridgehead atoms. The van der Waals surface area contributed by atoms with Gasteiger partial charge in [0.25, 0.3) is 51.5 Å². The fourth-order valence-electron chi connectivity index (χ4n) is 15.0. The molecule has 2 fully saturated rings. The van der Waals surface area contributed by atoms with Gasteiger partial charge in [0.1, 0.15) is 0 Å². The van der Waals surface area contributed by atoms with E-state index in [9.17, 15) is 52.8 Å². The van der Waals surface area contributed by atoms with Gasteiger partial charge in [-0.2, -0.15) is 20.4 Å². The Hall–Kier alpha value is -7.78. The number of carbonyl (C=O) groups excluding carboxylic acids is 5. The number of fused-ring (bicyclic) bond motifs is 4. The number of ether oxygens (including phenoxy) is 5. The van der Waals surface area contributed by atoms with Crippen LogP contribution in [0.25, 0.3) is 43.6 Å². The second kappa shape index (κ2) is 56.9. The zero-order valence-corrected chi connectivity index (χ0v) is 98.2. The fraction of sp³-hybridized carbons (Fsp3) is 0.412. The average molecular weight is 2240 g/mol. The van der Waals surface area contributed by atoms with Crippen molar-refractivity contribution in [1.82, 2.24) is 40.0 Å². The quantitative estimate of drug-likeness (QED) is 0.00654. The van der Waals surface area contributed by atoms with Gasteiger partial charge in [-0.25, -0.2) is 48.1 Å². The molecule has 0 unspecified atom stereocenters. The fourth-order valence-corrected chi connectivity index (χ4v) is 20.8. The van der Waals surface area contributed by atoms with E-state index in [4.69, 9.17) is 50.5 Å². The van der Waals surface area contributed by atoms with Crippen molar-refractivity contribution in [3.8, 4) is 0 Å². The summed E-state index contributed by atoms with van der Waals surface area (Å²) in [7, 11) is -5.77. The molecular weight excluding hydrogens is 2110 g/mol. The summed E-state index contributed by atoms with van der Waals surface area (Å²) in [6.45, 7) is 30.5. The minimum atomic E-state index is -3.97. The number of anilines is 4. The number of nitrogens with zero attached hydrogens (tertiary/aromatic N) is 9. The molecule has 0 saturated carbocycles. The number of aromatic nitrogens is 8. The number of benzene rings is 8. The first-order valence-electron chi connectivity index (χ1n) is 44.7. The maximum Gasteiger partial charge on any atom is 1.00 e. The third kappa shape index (κ3) is 32.6. The average Bonchev–Trinajstić information content (AvgIpc) is 1.77. The number of rotatable bonds is 32. The van der Waals surface area contributed by atoms with E-state index in [1.54, 1.807) is 33.9 Å². The number of aryl methyl sites for hydroxylation is 4. The van der Waals surface area contributed by atoms with Gasteiger partial charge in [0.05, 0.1) is 127 Å². The van der Waals surface area contributed by atoms with Gasteiger partial charge in [0.2, 0.25) is 0 Å². The number of aromatic amines is 2. The van der Waals surface area contributed by atoms with Crippen LogP contribution in [0.2, 0.25) is 0 Å². The number of halogens is 1. The Balaban J connectivity index is 0.000000311. The predicted molar refractivity (Wildman–Crippen MR) is 525 cm³/mol. The number of hydrogen-bond donors (Lipinski definition) is 5. The predicted octanol–water partition coefficient (Wildman–Crippen LogP) is 9.16. The number of esters is 3. The molecule has 6 heterocycles. The molecule has 1 amide bonds. The van der Waals surface area contributed by atoms with Gasteiger partial charge < -0.3 is 51.4 Å². The minimum absolute atomic E-state index is 0. The molecule has 2 aliphatic heterocycles. The maximum atomic E-state index is 14.0. The monoisotopic (exact) mass is 2240 g/mol. The van der Waals surface area contributed by atoms with E-state index in [0.717, 1.165) is 87.8 Å². The second-order valence-electron chi connectivity index (χ2n) is 33.8. The third-order valence-corrected chi connectivity index (χ3v) is 28.8. The van der Waals surface area contributed by atoms with Crippen LogP contribution in [0, 0.1) is 35.5 Å². The van der Waals surface area contributed by atoms with Gasteiger partial charge in [-0.15, -0.1) is 0 Å². The number of aliphatic hydroxyl groups excluding tert-OH is 1. The summed E-state index contributed by atoms with van der Waals surface area (Å²) in [4.78, 5) is 60.2. The molecule has 738 valence electrons. The number of aliphatic hydroxyl groups is 1. The first kappa shape index (κ1) is 119. The molecule has 2 aliphatic rings. The van der Waals surface area contributed by atoms with E-state index in [0.29, 0.717) is 138 Å². The largest absolute Gasteiger partial charge is 1.00 e. The van der Waals surface area contributed by atoms with Gasteiger partial charge in [0.15, 0.2) is 0 Å². The number of nitrogens with one attached hydrogen (secondary N) is 3. The Bertz CT molecular complexity index is 6460. The molecule has 0 spiro atoms. The van der Waals surface area contributed by atoms with E-state index in [-0.39, 0.29) is 205 Å². The third-order valence-electron chi connectivity index (χ3n) is 22.1. The van der Waals surface area contributed by atoms with Gasteiger partial charge in [-0.05, 0) is 206 Å². The Labute approximate surface area is 932 Å². The number of amides is 1. The summed E-state index contributed by atoms with van der Waals surface area (Å²) in [5, 5.41) is 43.0. The molecule has 2 saturated heterocycles. The Morgan fingerprint density at radius 2 is 0.783 bits per heavy atom. The van der Waals surface area contributed by atoms with E-state index < -0.39 is 62.9 Å².